The van der Waals surface area contributed by atoms with Gasteiger partial charge in [-0.05, 0) is 45.4 Å². The molecule has 3 atom stereocenters. The molecule has 0 radical (unpaired) electrons. The van der Waals surface area contributed by atoms with E-state index in [0.717, 1.165) is 19.3 Å². The largest absolute Gasteiger partial charge is 0.368 e. The molecule has 2 heterocycles. The summed E-state index contributed by atoms with van der Waals surface area (Å²) in [6.45, 7) is 6.11. The molecule has 80 valence electrons. The quantitative estimate of drug-likeness (QED) is 0.541. The first kappa shape index (κ1) is 10.7. The van der Waals surface area contributed by atoms with Crippen LogP contribution in [0.3, 0.4) is 0 Å². The van der Waals surface area contributed by atoms with Gasteiger partial charge in [-0.1, -0.05) is 22.0 Å². The summed E-state index contributed by atoms with van der Waals surface area (Å²) in [6.07, 6.45) is 9.05. The zero-order valence-electron chi connectivity index (χ0n) is 8.89. The zero-order valence-corrected chi connectivity index (χ0v) is 10.5. The molecule has 0 saturated carbocycles. The molecule has 0 aliphatic carbocycles. The fourth-order valence-electron chi connectivity index (χ4n) is 3.13. The second-order valence-corrected chi connectivity index (χ2v) is 6.38. The van der Waals surface area contributed by atoms with E-state index >= 15 is 0 Å². The summed E-state index contributed by atoms with van der Waals surface area (Å²) in [5.74, 6) is 0. The molecule has 2 bridgehead atoms. The molecule has 2 fully saturated rings. The Hall–Kier alpha value is 0.180. The van der Waals surface area contributed by atoms with Crippen LogP contribution in [-0.2, 0) is 4.74 Å². The number of hydrogen-bond acceptors (Lipinski definition) is 1. The fourth-order valence-corrected chi connectivity index (χ4v) is 4.41. The van der Waals surface area contributed by atoms with Gasteiger partial charge in [0.05, 0.1) is 11.2 Å². The second-order valence-electron chi connectivity index (χ2n) is 5.09. The van der Waals surface area contributed by atoms with Crippen molar-refractivity contribution in [3.63, 3.8) is 0 Å². The van der Waals surface area contributed by atoms with Crippen molar-refractivity contribution in [2.24, 2.45) is 0 Å². The predicted molar refractivity (Wildman–Crippen MR) is 62.8 cm³/mol. The van der Waals surface area contributed by atoms with E-state index < -0.39 is 0 Å². The van der Waals surface area contributed by atoms with Gasteiger partial charge in [-0.15, -0.1) is 6.58 Å². The van der Waals surface area contributed by atoms with Gasteiger partial charge in [0.1, 0.15) is 0 Å². The number of rotatable bonds is 2. The Balaban J connectivity index is 2.19. The lowest BCUT2D eigenvalue weighted by atomic mass is 9.74. The van der Waals surface area contributed by atoms with E-state index in [4.69, 9.17) is 4.74 Å². The summed E-state index contributed by atoms with van der Waals surface area (Å²) in [6, 6.07) is 0. The third-order valence-corrected chi connectivity index (χ3v) is 4.21. The Morgan fingerprint density at radius 1 is 1.50 bits per heavy atom. The highest BCUT2D eigenvalue weighted by Crippen LogP contribution is 2.49. The van der Waals surface area contributed by atoms with E-state index in [0.29, 0.717) is 4.83 Å². The molecule has 2 aliphatic rings. The predicted octanol–water partition coefficient (Wildman–Crippen LogP) is 3.82. The van der Waals surface area contributed by atoms with Gasteiger partial charge in [-0.2, -0.15) is 0 Å². The molecule has 0 amide bonds. The van der Waals surface area contributed by atoms with Gasteiger partial charge in [-0.25, -0.2) is 0 Å². The van der Waals surface area contributed by atoms with E-state index in [9.17, 15) is 0 Å². The van der Waals surface area contributed by atoms with Crippen molar-refractivity contribution in [1.29, 1.82) is 0 Å². The summed E-state index contributed by atoms with van der Waals surface area (Å²) in [7, 11) is 0. The summed E-state index contributed by atoms with van der Waals surface area (Å²) in [5, 5.41) is 0. The summed E-state index contributed by atoms with van der Waals surface area (Å²) in [4.78, 5) is 0.626. The number of halogens is 1. The van der Waals surface area contributed by atoms with Gasteiger partial charge >= 0.3 is 0 Å². The third kappa shape index (κ3) is 1.92. The van der Waals surface area contributed by atoms with Crippen LogP contribution in [-0.4, -0.2) is 16.0 Å². The number of alkyl halides is 1. The molecule has 0 spiro atoms. The van der Waals surface area contributed by atoms with Crippen molar-refractivity contribution >= 4 is 15.9 Å². The molecule has 2 aliphatic heterocycles. The number of ether oxygens (including phenoxy) is 1. The van der Waals surface area contributed by atoms with E-state index in [2.05, 4.69) is 29.4 Å². The normalized spacial score (nSPS) is 47.4. The van der Waals surface area contributed by atoms with Crippen molar-refractivity contribution < 1.29 is 4.74 Å². The lowest BCUT2D eigenvalue weighted by Crippen LogP contribution is -2.53. The maximum atomic E-state index is 6.31. The molecular weight excluding hydrogens is 240 g/mol. The lowest BCUT2D eigenvalue weighted by molar-refractivity contribution is -0.208. The highest BCUT2D eigenvalue weighted by molar-refractivity contribution is 9.09. The smallest absolute Gasteiger partial charge is 0.0734 e. The van der Waals surface area contributed by atoms with Crippen molar-refractivity contribution in [3.05, 3.63) is 12.7 Å². The molecule has 0 aromatic rings. The van der Waals surface area contributed by atoms with Gasteiger partial charge in [0.2, 0.25) is 0 Å². The zero-order chi connectivity index (χ0) is 10.2. The van der Waals surface area contributed by atoms with Gasteiger partial charge < -0.3 is 4.74 Å². The van der Waals surface area contributed by atoms with Crippen LogP contribution in [0.5, 0.6) is 0 Å². The fraction of sp³-hybridized carbons (Fsp3) is 0.833. The highest BCUT2D eigenvalue weighted by Gasteiger charge is 2.48. The van der Waals surface area contributed by atoms with Crippen molar-refractivity contribution in [3.8, 4) is 0 Å². The van der Waals surface area contributed by atoms with Crippen molar-refractivity contribution in [2.45, 2.75) is 61.5 Å². The third-order valence-electron chi connectivity index (χ3n) is 3.56. The maximum absolute atomic E-state index is 6.31. The minimum absolute atomic E-state index is 0.0984. The van der Waals surface area contributed by atoms with Crippen LogP contribution in [0.4, 0.5) is 0 Å². The average Bonchev–Trinajstić information content (AvgIpc) is 2.00. The van der Waals surface area contributed by atoms with E-state index in [-0.39, 0.29) is 11.2 Å². The van der Waals surface area contributed by atoms with Crippen LogP contribution in [0, 0.1) is 0 Å². The monoisotopic (exact) mass is 258 g/mol. The van der Waals surface area contributed by atoms with Crippen molar-refractivity contribution in [2.75, 3.05) is 0 Å². The SMILES string of the molecule is C=CC[C@@]12CCC[C@@](C)(C[C@H](Br)C1)O2. The minimum atomic E-state index is 0.0984. The van der Waals surface area contributed by atoms with Gasteiger partial charge in [0, 0.05) is 4.83 Å². The number of hydrogen-bond donors (Lipinski definition) is 0. The van der Waals surface area contributed by atoms with Crippen LogP contribution in [0.1, 0.15) is 45.4 Å². The molecule has 2 saturated heterocycles. The molecule has 2 heteroatoms. The van der Waals surface area contributed by atoms with E-state index in [1.54, 1.807) is 0 Å². The summed E-state index contributed by atoms with van der Waals surface area (Å²) >= 11 is 3.77. The molecule has 2 rings (SSSR count). The summed E-state index contributed by atoms with van der Waals surface area (Å²) < 4.78 is 6.31. The van der Waals surface area contributed by atoms with Crippen LogP contribution in [0.25, 0.3) is 0 Å². The first-order valence-corrected chi connectivity index (χ1v) is 6.44. The first-order valence-electron chi connectivity index (χ1n) is 5.53. The van der Waals surface area contributed by atoms with Gasteiger partial charge in [-0.3, -0.25) is 0 Å². The van der Waals surface area contributed by atoms with Gasteiger partial charge in [0.25, 0.3) is 0 Å². The van der Waals surface area contributed by atoms with Crippen LogP contribution < -0.4 is 0 Å². The molecule has 0 aromatic carbocycles. The average molecular weight is 259 g/mol. The molecule has 1 nitrogen and oxygen atoms in total. The molecule has 0 aromatic heterocycles. The lowest BCUT2D eigenvalue weighted by Gasteiger charge is -2.52. The topological polar surface area (TPSA) is 9.23 Å². The molecule has 0 unspecified atom stereocenters. The Morgan fingerprint density at radius 3 is 3.00 bits per heavy atom. The number of fused-ring (bicyclic) bond motifs is 2. The van der Waals surface area contributed by atoms with Crippen LogP contribution in [0.2, 0.25) is 0 Å². The maximum Gasteiger partial charge on any atom is 0.0734 e. The first-order chi connectivity index (χ1) is 6.58. The van der Waals surface area contributed by atoms with Gasteiger partial charge in [0.15, 0.2) is 0 Å². The summed E-state index contributed by atoms with van der Waals surface area (Å²) in [5.41, 5.74) is 0.217. The van der Waals surface area contributed by atoms with E-state index in [1.165, 1.54) is 19.3 Å². The minimum Gasteiger partial charge on any atom is -0.368 e. The van der Waals surface area contributed by atoms with Crippen LogP contribution in [0.15, 0.2) is 12.7 Å². The van der Waals surface area contributed by atoms with E-state index in [1.807, 2.05) is 6.08 Å². The second kappa shape index (κ2) is 3.64. The standard InChI is InChI=1S/C12H19BrO/c1-3-5-12-7-4-6-11(2,14-12)8-10(13)9-12/h3,10H,1,4-9H2,2H3/t10-,11-,12+/m0/s1. The Kier molecular flexibility index (Phi) is 2.78. The Labute approximate surface area is 95.0 Å². The Bertz CT molecular complexity index is 240. The molecule has 14 heavy (non-hydrogen) atoms. The highest BCUT2D eigenvalue weighted by atomic mass is 79.9. The Morgan fingerprint density at radius 2 is 2.29 bits per heavy atom. The molecule has 0 N–H and O–H groups in total. The molecular formula is C12H19BrO. The van der Waals surface area contributed by atoms with Crippen molar-refractivity contribution in [1.82, 2.24) is 0 Å². The van der Waals surface area contributed by atoms with Crippen LogP contribution >= 0.6 is 15.9 Å².